The van der Waals surface area contributed by atoms with Gasteiger partial charge in [0, 0.05) is 17.5 Å². The van der Waals surface area contributed by atoms with E-state index in [1.807, 2.05) is 12.3 Å². The molecule has 1 fully saturated rings. The van der Waals surface area contributed by atoms with Gasteiger partial charge in [0.2, 0.25) is 0 Å². The number of anilines is 1. The fourth-order valence-electron chi connectivity index (χ4n) is 3.98. The van der Waals surface area contributed by atoms with E-state index in [-0.39, 0.29) is 0 Å². The summed E-state index contributed by atoms with van der Waals surface area (Å²) < 4.78 is 0. The number of hydrogen-bond acceptors (Lipinski definition) is 4. The van der Waals surface area contributed by atoms with Crippen molar-refractivity contribution >= 4 is 27.6 Å². The number of hydrogen-bond donors (Lipinski definition) is 3. The smallest absolute Gasteiger partial charge is 0.157 e. The fourth-order valence-corrected chi connectivity index (χ4v) is 3.98. The van der Waals surface area contributed by atoms with Gasteiger partial charge in [-0.3, -0.25) is 5.10 Å². The zero-order chi connectivity index (χ0) is 16.5. The van der Waals surface area contributed by atoms with Gasteiger partial charge < -0.3 is 10.4 Å². The van der Waals surface area contributed by atoms with Crippen LogP contribution in [0.1, 0.15) is 44.6 Å². The van der Waals surface area contributed by atoms with E-state index in [1.165, 1.54) is 32.1 Å². The van der Waals surface area contributed by atoms with Crippen LogP contribution in [0.5, 0.6) is 5.75 Å². The molecule has 5 nitrogen and oxygen atoms in total. The highest BCUT2D eigenvalue weighted by molar-refractivity contribution is 6.08. The molecule has 0 aliphatic heterocycles. The number of phenolic OH excluding ortho intramolecular Hbond substituents is 1. The molecule has 0 amide bonds. The Kier molecular flexibility index (Phi) is 4.00. The van der Waals surface area contributed by atoms with Crippen LogP contribution in [0.15, 0.2) is 18.3 Å². The Morgan fingerprint density at radius 2 is 2.08 bits per heavy atom. The van der Waals surface area contributed by atoms with E-state index < -0.39 is 0 Å². The Balaban J connectivity index is 1.82. The molecule has 1 aliphatic carbocycles. The monoisotopic (exact) mass is 324 g/mol. The van der Waals surface area contributed by atoms with Gasteiger partial charge in [0.25, 0.3) is 0 Å². The second-order valence-electron chi connectivity index (χ2n) is 6.81. The molecule has 0 unspecified atom stereocenters. The van der Waals surface area contributed by atoms with Gasteiger partial charge in [-0.15, -0.1) is 0 Å². The van der Waals surface area contributed by atoms with Crippen molar-refractivity contribution < 1.29 is 5.11 Å². The molecule has 5 heteroatoms. The molecule has 4 rings (SSSR count). The Labute approximate surface area is 141 Å². The van der Waals surface area contributed by atoms with Crippen molar-refractivity contribution in [3.8, 4) is 5.75 Å². The Hall–Kier alpha value is -2.30. The number of aromatic amines is 1. The summed E-state index contributed by atoms with van der Waals surface area (Å²) in [6.07, 6.45) is 9.25. The summed E-state index contributed by atoms with van der Waals surface area (Å²) in [7, 11) is 0. The zero-order valence-corrected chi connectivity index (χ0v) is 14.1. The van der Waals surface area contributed by atoms with Crippen molar-refractivity contribution in [3.05, 3.63) is 23.9 Å². The summed E-state index contributed by atoms with van der Waals surface area (Å²) in [4.78, 5) is 4.67. The van der Waals surface area contributed by atoms with Crippen LogP contribution in [0.2, 0.25) is 0 Å². The molecular weight excluding hydrogens is 300 g/mol. The van der Waals surface area contributed by atoms with Gasteiger partial charge in [0.15, 0.2) is 5.65 Å². The highest BCUT2D eigenvalue weighted by Gasteiger charge is 2.18. The lowest BCUT2D eigenvalue weighted by atomic mass is 9.89. The minimum atomic E-state index is 0.343. The first-order chi connectivity index (χ1) is 11.8. The number of benzene rings is 1. The van der Waals surface area contributed by atoms with Gasteiger partial charge in [-0.1, -0.05) is 26.2 Å². The summed E-state index contributed by atoms with van der Waals surface area (Å²) >= 11 is 0. The zero-order valence-electron chi connectivity index (χ0n) is 14.1. The Morgan fingerprint density at radius 3 is 2.88 bits per heavy atom. The minimum Gasteiger partial charge on any atom is -0.508 e. The average molecular weight is 324 g/mol. The molecule has 3 aromatic rings. The standard InChI is InChI=1S/C19H24N4O/c1-2-13-16(24)9-8-15-17(13)18(14-11-21-23-19(14)22-15)20-10-12-6-4-3-5-7-12/h8-9,11-12,24H,2-7,10H2,1H3,(H2,20,21,22,23). The number of pyridine rings is 1. The Morgan fingerprint density at radius 1 is 1.25 bits per heavy atom. The maximum Gasteiger partial charge on any atom is 0.157 e. The van der Waals surface area contributed by atoms with Crippen molar-refractivity contribution in [2.75, 3.05) is 11.9 Å². The first kappa shape index (κ1) is 15.2. The van der Waals surface area contributed by atoms with Gasteiger partial charge in [0.05, 0.1) is 22.8 Å². The molecular formula is C19H24N4O. The van der Waals surface area contributed by atoms with E-state index in [4.69, 9.17) is 0 Å². The van der Waals surface area contributed by atoms with E-state index in [0.717, 1.165) is 52.1 Å². The van der Waals surface area contributed by atoms with Crippen molar-refractivity contribution in [1.29, 1.82) is 0 Å². The average Bonchev–Trinajstić information content (AvgIpc) is 3.08. The second kappa shape index (κ2) is 6.30. The molecule has 0 bridgehead atoms. The molecule has 2 aromatic heterocycles. The minimum absolute atomic E-state index is 0.343. The largest absolute Gasteiger partial charge is 0.508 e. The highest BCUT2D eigenvalue weighted by atomic mass is 16.3. The molecule has 126 valence electrons. The van der Waals surface area contributed by atoms with Gasteiger partial charge >= 0.3 is 0 Å². The predicted molar refractivity (Wildman–Crippen MR) is 97.5 cm³/mol. The van der Waals surface area contributed by atoms with Crippen molar-refractivity contribution in [3.63, 3.8) is 0 Å². The number of H-pyrrole nitrogens is 1. The lowest BCUT2D eigenvalue weighted by Gasteiger charge is -2.23. The molecule has 3 N–H and O–H groups in total. The van der Waals surface area contributed by atoms with E-state index in [1.54, 1.807) is 6.07 Å². The summed E-state index contributed by atoms with van der Waals surface area (Å²) in [5, 5.41) is 23.1. The summed E-state index contributed by atoms with van der Waals surface area (Å²) in [5.74, 6) is 1.07. The van der Waals surface area contributed by atoms with Crippen molar-refractivity contribution in [2.24, 2.45) is 5.92 Å². The lowest BCUT2D eigenvalue weighted by Crippen LogP contribution is -2.17. The Bertz CT molecular complexity index is 865. The topological polar surface area (TPSA) is 73.8 Å². The number of rotatable bonds is 4. The SMILES string of the molecule is CCc1c(O)ccc2nc3[nH]ncc3c(NCC3CCCCC3)c12. The quantitative estimate of drug-likeness (QED) is 0.666. The van der Waals surface area contributed by atoms with E-state index in [9.17, 15) is 5.11 Å². The summed E-state index contributed by atoms with van der Waals surface area (Å²) in [5.41, 5.74) is 3.70. The van der Waals surface area contributed by atoms with E-state index in [0.29, 0.717) is 5.75 Å². The summed E-state index contributed by atoms with van der Waals surface area (Å²) in [6, 6.07) is 3.62. The van der Waals surface area contributed by atoms with Crippen molar-refractivity contribution in [2.45, 2.75) is 45.4 Å². The molecule has 0 radical (unpaired) electrons. The summed E-state index contributed by atoms with van der Waals surface area (Å²) in [6.45, 7) is 3.04. The maximum absolute atomic E-state index is 10.3. The maximum atomic E-state index is 10.3. The molecule has 1 aromatic carbocycles. The number of aromatic hydroxyl groups is 1. The molecule has 0 spiro atoms. The predicted octanol–water partition coefficient (Wildman–Crippen LogP) is 4.37. The number of nitrogens with zero attached hydrogens (tertiary/aromatic N) is 2. The van der Waals surface area contributed by atoms with E-state index >= 15 is 0 Å². The molecule has 0 atom stereocenters. The van der Waals surface area contributed by atoms with Gasteiger partial charge in [-0.25, -0.2) is 4.98 Å². The number of aromatic nitrogens is 3. The van der Waals surface area contributed by atoms with Gasteiger partial charge in [0.1, 0.15) is 5.75 Å². The van der Waals surface area contributed by atoms with Crippen molar-refractivity contribution in [1.82, 2.24) is 15.2 Å². The molecule has 0 saturated heterocycles. The number of fused-ring (bicyclic) bond motifs is 2. The van der Waals surface area contributed by atoms with Crippen LogP contribution < -0.4 is 5.32 Å². The number of nitrogens with one attached hydrogen (secondary N) is 2. The number of aryl methyl sites for hydroxylation is 1. The molecule has 1 saturated carbocycles. The van der Waals surface area contributed by atoms with Crippen LogP contribution in [0.4, 0.5) is 5.69 Å². The third-order valence-electron chi connectivity index (χ3n) is 5.28. The van der Waals surface area contributed by atoms with E-state index in [2.05, 4.69) is 27.4 Å². The molecule has 2 heterocycles. The lowest BCUT2D eigenvalue weighted by molar-refractivity contribution is 0.373. The van der Waals surface area contributed by atoms with Crippen LogP contribution in [0.3, 0.4) is 0 Å². The second-order valence-corrected chi connectivity index (χ2v) is 6.81. The highest BCUT2D eigenvalue weighted by Crippen LogP contribution is 2.37. The van der Waals surface area contributed by atoms with Crippen LogP contribution in [0.25, 0.3) is 21.9 Å². The first-order valence-electron chi connectivity index (χ1n) is 8.99. The third kappa shape index (κ3) is 2.58. The van der Waals surface area contributed by atoms with Gasteiger partial charge in [-0.2, -0.15) is 5.10 Å². The van der Waals surface area contributed by atoms with Crippen LogP contribution in [-0.2, 0) is 6.42 Å². The van der Waals surface area contributed by atoms with Gasteiger partial charge in [-0.05, 0) is 37.3 Å². The normalized spacial score (nSPS) is 16.0. The molecule has 1 aliphatic rings. The first-order valence-corrected chi connectivity index (χ1v) is 8.99. The van der Waals surface area contributed by atoms with Crippen LogP contribution >= 0.6 is 0 Å². The van der Waals surface area contributed by atoms with Crippen LogP contribution in [-0.4, -0.2) is 26.8 Å². The third-order valence-corrected chi connectivity index (χ3v) is 5.28. The number of phenols is 1. The fraction of sp³-hybridized carbons (Fsp3) is 0.474. The van der Waals surface area contributed by atoms with Crippen LogP contribution in [0, 0.1) is 5.92 Å². The molecule has 24 heavy (non-hydrogen) atoms.